The molecule has 1 aromatic rings. The van der Waals surface area contributed by atoms with Gasteiger partial charge in [0.1, 0.15) is 11.6 Å². The lowest BCUT2D eigenvalue weighted by molar-refractivity contribution is -0.0305. The van der Waals surface area contributed by atoms with Crippen LogP contribution in [0.2, 0.25) is 0 Å². The number of rotatable bonds is 3. The Balaban J connectivity index is 2.09. The Kier molecular flexibility index (Phi) is 4.21. The highest BCUT2D eigenvalue weighted by atomic mass is 19.1. The molecule has 0 aliphatic carbocycles. The first-order valence-electron chi connectivity index (χ1n) is 6.81. The number of nitrogens with zero attached hydrogens (tertiary/aromatic N) is 1. The van der Waals surface area contributed by atoms with Crippen molar-refractivity contribution < 1.29 is 13.9 Å². The van der Waals surface area contributed by atoms with E-state index >= 15 is 0 Å². The predicted molar refractivity (Wildman–Crippen MR) is 70.8 cm³/mol. The quantitative estimate of drug-likeness (QED) is 0.912. The average molecular weight is 269 g/mol. The van der Waals surface area contributed by atoms with Crippen molar-refractivity contribution in [1.29, 1.82) is 0 Å². The molecule has 1 aliphatic heterocycles. The van der Waals surface area contributed by atoms with Crippen molar-refractivity contribution in [3.05, 3.63) is 35.4 Å². The van der Waals surface area contributed by atoms with Gasteiger partial charge in [-0.2, -0.15) is 0 Å². The molecule has 0 spiro atoms. The topological polar surface area (TPSA) is 23.5 Å². The normalized spacial score (nSPS) is 19.9. The van der Waals surface area contributed by atoms with Crippen LogP contribution in [0.4, 0.5) is 8.78 Å². The highest BCUT2D eigenvalue weighted by Gasteiger charge is 2.36. The van der Waals surface area contributed by atoms with Crippen molar-refractivity contribution in [3.8, 4) is 0 Å². The first-order valence-corrected chi connectivity index (χ1v) is 6.81. The molecule has 0 atom stereocenters. The SMILES string of the molecule is CC(C)CN1CCC(O)(c2ccc(F)cc2F)CC1. The van der Waals surface area contributed by atoms with Crippen molar-refractivity contribution in [3.63, 3.8) is 0 Å². The van der Waals surface area contributed by atoms with Crippen LogP contribution in [0.5, 0.6) is 0 Å². The molecule has 2 nitrogen and oxygen atoms in total. The summed E-state index contributed by atoms with van der Waals surface area (Å²) < 4.78 is 26.7. The number of aliphatic hydroxyl groups is 1. The second kappa shape index (κ2) is 5.55. The van der Waals surface area contributed by atoms with Gasteiger partial charge >= 0.3 is 0 Å². The Hall–Kier alpha value is -1.00. The van der Waals surface area contributed by atoms with Gasteiger partial charge in [-0.3, -0.25) is 0 Å². The maximum atomic E-state index is 13.8. The lowest BCUT2D eigenvalue weighted by atomic mass is 9.84. The summed E-state index contributed by atoms with van der Waals surface area (Å²) in [5.74, 6) is -0.685. The van der Waals surface area contributed by atoms with E-state index in [1.54, 1.807) is 0 Å². The van der Waals surface area contributed by atoms with Crippen LogP contribution in [0.15, 0.2) is 18.2 Å². The molecule has 0 unspecified atom stereocenters. The maximum Gasteiger partial charge on any atom is 0.132 e. The zero-order chi connectivity index (χ0) is 14.0. The molecule has 19 heavy (non-hydrogen) atoms. The van der Waals surface area contributed by atoms with Crippen molar-refractivity contribution >= 4 is 0 Å². The van der Waals surface area contributed by atoms with Crippen LogP contribution < -0.4 is 0 Å². The zero-order valence-corrected chi connectivity index (χ0v) is 11.5. The van der Waals surface area contributed by atoms with Crippen LogP contribution in [0, 0.1) is 17.6 Å². The average Bonchev–Trinajstić information content (AvgIpc) is 2.31. The molecule has 1 saturated heterocycles. The first kappa shape index (κ1) is 14.4. The lowest BCUT2D eigenvalue weighted by Crippen LogP contribution is -2.44. The molecular weight excluding hydrogens is 248 g/mol. The van der Waals surface area contributed by atoms with E-state index in [0.717, 1.165) is 25.7 Å². The van der Waals surface area contributed by atoms with E-state index < -0.39 is 17.2 Å². The molecule has 0 amide bonds. The molecular formula is C15H21F2NO. The molecule has 106 valence electrons. The molecule has 2 rings (SSSR count). The molecule has 0 bridgehead atoms. The second-order valence-electron chi connectivity index (χ2n) is 5.85. The van der Waals surface area contributed by atoms with Crippen molar-refractivity contribution in [2.75, 3.05) is 19.6 Å². The van der Waals surface area contributed by atoms with E-state index in [1.165, 1.54) is 12.1 Å². The summed E-state index contributed by atoms with van der Waals surface area (Å²) >= 11 is 0. The lowest BCUT2D eigenvalue weighted by Gasteiger charge is -2.39. The molecule has 4 heteroatoms. The van der Waals surface area contributed by atoms with Gasteiger partial charge in [0.05, 0.1) is 5.60 Å². The van der Waals surface area contributed by atoms with Crippen LogP contribution in [0.25, 0.3) is 0 Å². The van der Waals surface area contributed by atoms with Gasteiger partial charge in [0.15, 0.2) is 0 Å². The molecule has 1 aliphatic rings. The van der Waals surface area contributed by atoms with Crippen LogP contribution >= 0.6 is 0 Å². The van der Waals surface area contributed by atoms with E-state index in [4.69, 9.17) is 0 Å². The van der Waals surface area contributed by atoms with Gasteiger partial charge in [-0.15, -0.1) is 0 Å². The smallest absolute Gasteiger partial charge is 0.132 e. The molecule has 1 fully saturated rings. The molecule has 0 saturated carbocycles. The fourth-order valence-corrected chi connectivity index (χ4v) is 2.76. The zero-order valence-electron chi connectivity index (χ0n) is 11.5. The van der Waals surface area contributed by atoms with Crippen molar-refractivity contribution in [2.24, 2.45) is 5.92 Å². The van der Waals surface area contributed by atoms with E-state index in [9.17, 15) is 13.9 Å². The standard InChI is InChI=1S/C15H21F2NO/c1-11(2)10-18-7-5-15(19,6-8-18)13-4-3-12(16)9-14(13)17/h3-4,9,11,19H,5-8,10H2,1-2H3. The fraction of sp³-hybridized carbons (Fsp3) is 0.600. The van der Waals surface area contributed by atoms with Crippen LogP contribution in [0.3, 0.4) is 0 Å². The third kappa shape index (κ3) is 3.31. The van der Waals surface area contributed by atoms with E-state index in [-0.39, 0.29) is 5.56 Å². The maximum absolute atomic E-state index is 13.8. The van der Waals surface area contributed by atoms with E-state index in [0.29, 0.717) is 18.8 Å². The Morgan fingerprint density at radius 3 is 2.42 bits per heavy atom. The number of hydrogen-bond acceptors (Lipinski definition) is 2. The number of piperidine rings is 1. The highest BCUT2D eigenvalue weighted by Crippen LogP contribution is 2.34. The van der Waals surface area contributed by atoms with E-state index in [1.807, 2.05) is 0 Å². The highest BCUT2D eigenvalue weighted by molar-refractivity contribution is 5.25. The number of halogens is 2. The van der Waals surface area contributed by atoms with Crippen molar-refractivity contribution in [2.45, 2.75) is 32.3 Å². The Morgan fingerprint density at radius 2 is 1.89 bits per heavy atom. The van der Waals surface area contributed by atoms with Gasteiger partial charge in [-0.1, -0.05) is 19.9 Å². The summed E-state index contributed by atoms with van der Waals surface area (Å²) in [5.41, 5.74) is -0.941. The molecule has 1 heterocycles. The van der Waals surface area contributed by atoms with Gasteiger partial charge < -0.3 is 10.0 Å². The third-order valence-corrected chi connectivity index (χ3v) is 3.74. The van der Waals surface area contributed by atoms with Crippen LogP contribution in [-0.2, 0) is 5.60 Å². The molecule has 1 N–H and O–H groups in total. The fourth-order valence-electron chi connectivity index (χ4n) is 2.76. The second-order valence-corrected chi connectivity index (χ2v) is 5.85. The molecule has 1 aromatic carbocycles. The first-order chi connectivity index (χ1) is 8.90. The minimum absolute atomic E-state index is 0.220. The van der Waals surface area contributed by atoms with Gasteiger partial charge in [-0.25, -0.2) is 8.78 Å². The monoisotopic (exact) mass is 269 g/mol. The Bertz CT molecular complexity index is 440. The van der Waals surface area contributed by atoms with Gasteiger partial charge in [0.25, 0.3) is 0 Å². The van der Waals surface area contributed by atoms with Gasteiger partial charge in [-0.05, 0) is 24.8 Å². The summed E-state index contributed by atoms with van der Waals surface area (Å²) in [5, 5.41) is 10.6. The number of benzene rings is 1. The van der Waals surface area contributed by atoms with Crippen molar-refractivity contribution in [1.82, 2.24) is 4.90 Å². The summed E-state index contributed by atoms with van der Waals surface area (Å²) in [6.45, 7) is 6.78. The number of hydrogen-bond donors (Lipinski definition) is 1. The predicted octanol–water partition coefficient (Wildman–Crippen LogP) is 2.90. The number of likely N-dealkylation sites (tertiary alicyclic amines) is 1. The van der Waals surface area contributed by atoms with Crippen LogP contribution in [-0.4, -0.2) is 29.6 Å². The summed E-state index contributed by atoms with van der Waals surface area (Å²) in [6, 6.07) is 3.41. The third-order valence-electron chi connectivity index (χ3n) is 3.74. The Morgan fingerprint density at radius 1 is 1.26 bits per heavy atom. The largest absolute Gasteiger partial charge is 0.385 e. The molecule has 0 aromatic heterocycles. The van der Waals surface area contributed by atoms with E-state index in [2.05, 4.69) is 18.7 Å². The van der Waals surface area contributed by atoms with Crippen LogP contribution in [0.1, 0.15) is 32.3 Å². The summed E-state index contributed by atoms with van der Waals surface area (Å²) in [7, 11) is 0. The Labute approximate surface area is 113 Å². The minimum atomic E-state index is -1.16. The minimum Gasteiger partial charge on any atom is -0.385 e. The molecule has 0 radical (unpaired) electrons. The summed E-state index contributed by atoms with van der Waals surface area (Å²) in [6.07, 6.45) is 0.977. The van der Waals surface area contributed by atoms with Gasteiger partial charge in [0.2, 0.25) is 0 Å². The summed E-state index contributed by atoms with van der Waals surface area (Å²) in [4.78, 5) is 2.28. The van der Waals surface area contributed by atoms with Gasteiger partial charge in [0, 0.05) is 31.3 Å².